The number of carbonyl (C=O) groups excluding carboxylic acids is 1. The van der Waals surface area contributed by atoms with Gasteiger partial charge in [0.2, 0.25) is 0 Å². The van der Waals surface area contributed by atoms with E-state index in [9.17, 15) is 14.9 Å². The Hall–Kier alpha value is -2.35. The Labute approximate surface area is 126 Å². The molecule has 0 atom stereocenters. The summed E-state index contributed by atoms with van der Waals surface area (Å²) in [5.41, 5.74) is -0.00569. The highest BCUT2D eigenvalue weighted by molar-refractivity contribution is 5.98. The summed E-state index contributed by atoms with van der Waals surface area (Å²) in [5, 5.41) is 11.1. The van der Waals surface area contributed by atoms with Crippen molar-refractivity contribution in [3.63, 3.8) is 0 Å². The van der Waals surface area contributed by atoms with Crippen molar-refractivity contribution in [1.82, 2.24) is 4.90 Å². The summed E-state index contributed by atoms with van der Waals surface area (Å²) in [7, 11) is 0. The van der Waals surface area contributed by atoms with E-state index in [0.29, 0.717) is 51.7 Å². The van der Waals surface area contributed by atoms with E-state index in [4.69, 9.17) is 14.2 Å². The lowest BCUT2D eigenvalue weighted by Gasteiger charge is -2.27. The van der Waals surface area contributed by atoms with Gasteiger partial charge >= 0.3 is 0 Å². The van der Waals surface area contributed by atoms with E-state index in [2.05, 4.69) is 0 Å². The quantitative estimate of drug-likeness (QED) is 0.603. The Morgan fingerprint density at radius 2 is 1.86 bits per heavy atom. The van der Waals surface area contributed by atoms with Crippen molar-refractivity contribution < 1.29 is 23.9 Å². The van der Waals surface area contributed by atoms with Crippen LogP contribution in [0.5, 0.6) is 11.5 Å². The number of carbonyl (C=O) groups is 1. The second-order valence-electron chi connectivity index (χ2n) is 5.03. The van der Waals surface area contributed by atoms with Gasteiger partial charge in [-0.15, -0.1) is 0 Å². The number of ether oxygens (including phenoxy) is 3. The maximum absolute atomic E-state index is 12.7. The zero-order chi connectivity index (χ0) is 15.5. The number of amides is 1. The van der Waals surface area contributed by atoms with Gasteiger partial charge in [-0.25, -0.2) is 0 Å². The highest BCUT2D eigenvalue weighted by Crippen LogP contribution is 2.38. The minimum atomic E-state index is -0.537. The van der Waals surface area contributed by atoms with E-state index in [-0.39, 0.29) is 22.9 Å². The molecule has 0 bridgehead atoms. The van der Waals surface area contributed by atoms with Crippen molar-refractivity contribution in [2.75, 3.05) is 39.5 Å². The van der Waals surface area contributed by atoms with Crippen LogP contribution in [0.1, 0.15) is 16.8 Å². The normalized spacial score (nSPS) is 17.7. The molecule has 1 aromatic rings. The zero-order valence-corrected chi connectivity index (χ0v) is 11.9. The molecule has 2 aliphatic heterocycles. The summed E-state index contributed by atoms with van der Waals surface area (Å²) in [5.74, 6) is 0.247. The van der Waals surface area contributed by atoms with Crippen LogP contribution in [0.25, 0.3) is 0 Å². The number of nitro groups is 1. The lowest BCUT2D eigenvalue weighted by atomic mass is 10.1. The van der Waals surface area contributed by atoms with E-state index in [1.54, 1.807) is 4.90 Å². The molecule has 3 rings (SSSR count). The number of nitrogens with zero attached hydrogens (tertiary/aromatic N) is 2. The number of morpholine rings is 1. The molecule has 8 nitrogen and oxygen atoms in total. The lowest BCUT2D eigenvalue weighted by Crippen LogP contribution is -2.40. The van der Waals surface area contributed by atoms with Gasteiger partial charge in [0.05, 0.1) is 43.0 Å². The Morgan fingerprint density at radius 3 is 2.59 bits per heavy atom. The van der Waals surface area contributed by atoms with Gasteiger partial charge in [-0.2, -0.15) is 0 Å². The second-order valence-corrected chi connectivity index (χ2v) is 5.03. The Balaban J connectivity index is 2.01. The number of hydrogen-bond donors (Lipinski definition) is 0. The highest BCUT2D eigenvalue weighted by atomic mass is 16.6. The maximum Gasteiger partial charge on any atom is 0.274 e. The van der Waals surface area contributed by atoms with E-state index in [0.717, 1.165) is 0 Å². The monoisotopic (exact) mass is 308 g/mol. The van der Waals surface area contributed by atoms with Gasteiger partial charge in [0.25, 0.3) is 11.6 Å². The van der Waals surface area contributed by atoms with Crippen LogP contribution < -0.4 is 9.47 Å². The minimum Gasteiger partial charge on any atom is -0.489 e. The molecular weight excluding hydrogens is 292 g/mol. The molecule has 22 heavy (non-hydrogen) atoms. The van der Waals surface area contributed by atoms with Gasteiger partial charge in [0, 0.05) is 25.6 Å². The number of non-ortho nitro benzene ring substituents is 1. The van der Waals surface area contributed by atoms with Crippen molar-refractivity contribution >= 4 is 11.6 Å². The first-order valence-corrected chi connectivity index (χ1v) is 7.12. The molecule has 0 aromatic heterocycles. The molecule has 0 aliphatic carbocycles. The molecule has 8 heteroatoms. The molecular formula is C14H16N2O6. The molecule has 1 aromatic carbocycles. The van der Waals surface area contributed by atoms with Crippen molar-refractivity contribution in [3.05, 3.63) is 27.8 Å². The largest absolute Gasteiger partial charge is 0.489 e. The van der Waals surface area contributed by atoms with Crippen LogP contribution >= 0.6 is 0 Å². The third kappa shape index (κ3) is 2.82. The number of benzene rings is 1. The second kappa shape index (κ2) is 6.18. The molecule has 1 fully saturated rings. The van der Waals surface area contributed by atoms with Gasteiger partial charge in [-0.1, -0.05) is 0 Å². The summed E-state index contributed by atoms with van der Waals surface area (Å²) in [4.78, 5) is 24.8. The van der Waals surface area contributed by atoms with Crippen LogP contribution in [0.4, 0.5) is 5.69 Å². The van der Waals surface area contributed by atoms with E-state index in [1.807, 2.05) is 0 Å². The average Bonchev–Trinajstić information content (AvgIpc) is 2.79. The Bertz CT molecular complexity index is 597. The first-order valence-electron chi connectivity index (χ1n) is 7.12. The van der Waals surface area contributed by atoms with Crippen molar-refractivity contribution in [2.24, 2.45) is 0 Å². The number of fused-ring (bicyclic) bond motifs is 1. The van der Waals surface area contributed by atoms with Crippen LogP contribution in [0.15, 0.2) is 12.1 Å². The third-order valence-electron chi connectivity index (χ3n) is 3.57. The van der Waals surface area contributed by atoms with Gasteiger partial charge in [0.1, 0.15) is 0 Å². The summed E-state index contributed by atoms with van der Waals surface area (Å²) in [6.07, 6.45) is 0.660. The van der Waals surface area contributed by atoms with Gasteiger partial charge < -0.3 is 19.1 Å². The topological polar surface area (TPSA) is 91.1 Å². The summed E-state index contributed by atoms with van der Waals surface area (Å²) >= 11 is 0. The molecule has 0 unspecified atom stereocenters. The minimum absolute atomic E-state index is 0.174. The highest BCUT2D eigenvalue weighted by Gasteiger charge is 2.28. The molecule has 2 heterocycles. The van der Waals surface area contributed by atoms with Crippen LogP contribution in [-0.4, -0.2) is 55.2 Å². The summed E-state index contributed by atoms with van der Waals surface area (Å²) in [6.45, 7) is 2.64. The van der Waals surface area contributed by atoms with Crippen molar-refractivity contribution in [2.45, 2.75) is 6.42 Å². The summed E-state index contributed by atoms with van der Waals surface area (Å²) in [6, 6.07) is 2.56. The first kappa shape index (κ1) is 14.6. The molecule has 0 saturated carbocycles. The fraction of sp³-hybridized carbons (Fsp3) is 0.500. The van der Waals surface area contributed by atoms with Crippen LogP contribution in [0, 0.1) is 10.1 Å². The van der Waals surface area contributed by atoms with Gasteiger partial charge in [-0.05, 0) is 0 Å². The van der Waals surface area contributed by atoms with E-state index in [1.165, 1.54) is 12.1 Å². The predicted molar refractivity (Wildman–Crippen MR) is 75.4 cm³/mol. The van der Waals surface area contributed by atoms with Gasteiger partial charge in [-0.3, -0.25) is 14.9 Å². The van der Waals surface area contributed by atoms with E-state index < -0.39 is 4.92 Å². The Morgan fingerprint density at radius 1 is 1.14 bits per heavy atom. The van der Waals surface area contributed by atoms with Gasteiger partial charge in [0.15, 0.2) is 11.5 Å². The average molecular weight is 308 g/mol. The molecule has 0 N–H and O–H groups in total. The number of rotatable bonds is 2. The third-order valence-corrected chi connectivity index (χ3v) is 3.57. The van der Waals surface area contributed by atoms with Crippen LogP contribution in [0.2, 0.25) is 0 Å². The zero-order valence-electron chi connectivity index (χ0n) is 11.9. The summed E-state index contributed by atoms with van der Waals surface area (Å²) < 4.78 is 16.3. The fourth-order valence-electron chi connectivity index (χ4n) is 2.46. The lowest BCUT2D eigenvalue weighted by molar-refractivity contribution is -0.385. The standard InChI is InChI=1S/C14H16N2O6/c17-14(15-2-6-20-7-3-15)11-8-10(16(18)19)9-12-13(11)22-5-1-4-21-12/h8-9H,1-7H2. The number of hydrogen-bond acceptors (Lipinski definition) is 6. The van der Waals surface area contributed by atoms with E-state index >= 15 is 0 Å². The van der Waals surface area contributed by atoms with Crippen molar-refractivity contribution in [3.8, 4) is 11.5 Å². The molecule has 118 valence electrons. The number of nitro benzene ring substituents is 1. The smallest absolute Gasteiger partial charge is 0.274 e. The molecule has 2 aliphatic rings. The van der Waals surface area contributed by atoms with Crippen LogP contribution in [0.3, 0.4) is 0 Å². The molecule has 1 saturated heterocycles. The SMILES string of the molecule is O=C(c1cc([N+](=O)[O-])cc2c1OCCCO2)N1CCOCC1. The fourth-order valence-corrected chi connectivity index (χ4v) is 2.46. The van der Waals surface area contributed by atoms with Crippen molar-refractivity contribution in [1.29, 1.82) is 0 Å². The molecule has 0 spiro atoms. The Kier molecular flexibility index (Phi) is 4.10. The predicted octanol–water partition coefficient (Wildman–Crippen LogP) is 1.23. The maximum atomic E-state index is 12.7. The van der Waals surface area contributed by atoms with Crippen LogP contribution in [-0.2, 0) is 4.74 Å². The molecule has 0 radical (unpaired) electrons. The molecule has 1 amide bonds. The first-order chi connectivity index (χ1) is 10.7.